The van der Waals surface area contributed by atoms with Gasteiger partial charge >= 0.3 is 0 Å². The number of amides is 1. The van der Waals surface area contributed by atoms with Gasteiger partial charge in [0.25, 0.3) is 11.5 Å². The minimum Gasteiger partial charge on any atom is -0.348 e. The fourth-order valence-corrected chi connectivity index (χ4v) is 2.65. The van der Waals surface area contributed by atoms with Crippen molar-refractivity contribution in [3.63, 3.8) is 0 Å². The average Bonchev–Trinajstić information content (AvgIpc) is 2.86. The first-order valence-corrected chi connectivity index (χ1v) is 7.72. The van der Waals surface area contributed by atoms with E-state index in [0.29, 0.717) is 22.4 Å². The third-order valence-electron chi connectivity index (χ3n) is 4.25. The van der Waals surface area contributed by atoms with E-state index in [1.54, 1.807) is 23.9 Å². The minimum atomic E-state index is -0.190. The molecular formula is C17H20N4O2. The summed E-state index contributed by atoms with van der Waals surface area (Å²) in [5.41, 5.74) is 2.34. The minimum absolute atomic E-state index is 0.0795. The quantitative estimate of drug-likeness (QED) is 0.804. The van der Waals surface area contributed by atoms with Crippen molar-refractivity contribution < 1.29 is 4.79 Å². The molecule has 3 rings (SSSR count). The molecule has 6 heteroatoms. The van der Waals surface area contributed by atoms with E-state index in [1.807, 2.05) is 32.9 Å². The molecule has 0 radical (unpaired) electrons. The summed E-state index contributed by atoms with van der Waals surface area (Å²) in [5.74, 6) is -0.190. The van der Waals surface area contributed by atoms with Gasteiger partial charge in [-0.15, -0.1) is 0 Å². The number of fused-ring (bicyclic) bond motifs is 2. The standard InChI is InChI=1S/C17H20N4O2/c1-5-11(3)18-16(22)13-9-12-15(20(13)4)19-14-10(2)7-6-8-21(14)17(12)23/h6-9,11H,5H2,1-4H3,(H,18,22)/t11-/m0/s1. The highest BCUT2D eigenvalue weighted by molar-refractivity contribution is 5.98. The van der Waals surface area contributed by atoms with Crippen molar-refractivity contribution in [3.8, 4) is 0 Å². The molecule has 0 unspecified atom stereocenters. The summed E-state index contributed by atoms with van der Waals surface area (Å²) in [6, 6.07) is 5.43. The first kappa shape index (κ1) is 15.3. The molecule has 0 bridgehead atoms. The second kappa shape index (κ2) is 5.53. The molecule has 0 fully saturated rings. The summed E-state index contributed by atoms with van der Waals surface area (Å²) in [5, 5.41) is 3.37. The van der Waals surface area contributed by atoms with Gasteiger partial charge in [0.05, 0.1) is 5.39 Å². The Morgan fingerprint density at radius 3 is 2.83 bits per heavy atom. The van der Waals surface area contributed by atoms with Crippen LogP contribution in [-0.4, -0.2) is 25.9 Å². The zero-order valence-electron chi connectivity index (χ0n) is 13.8. The summed E-state index contributed by atoms with van der Waals surface area (Å²) in [4.78, 5) is 29.7. The number of aromatic nitrogens is 3. The zero-order valence-corrected chi connectivity index (χ0v) is 13.8. The van der Waals surface area contributed by atoms with Crippen LogP contribution in [0.3, 0.4) is 0 Å². The molecule has 0 aliphatic carbocycles. The molecule has 0 aliphatic heterocycles. The fourth-order valence-electron chi connectivity index (χ4n) is 2.65. The van der Waals surface area contributed by atoms with Crippen molar-refractivity contribution in [2.24, 2.45) is 7.05 Å². The number of nitrogens with one attached hydrogen (secondary N) is 1. The molecule has 0 saturated carbocycles. The van der Waals surface area contributed by atoms with E-state index < -0.39 is 0 Å². The summed E-state index contributed by atoms with van der Waals surface area (Å²) in [7, 11) is 1.76. The maximum atomic E-state index is 12.7. The zero-order chi connectivity index (χ0) is 16.7. The Balaban J connectivity index is 2.24. The molecule has 6 nitrogen and oxygen atoms in total. The number of pyridine rings is 1. The highest BCUT2D eigenvalue weighted by Gasteiger charge is 2.18. The molecule has 23 heavy (non-hydrogen) atoms. The Morgan fingerprint density at radius 1 is 1.39 bits per heavy atom. The lowest BCUT2D eigenvalue weighted by Gasteiger charge is -2.11. The maximum Gasteiger partial charge on any atom is 0.268 e. The molecule has 0 saturated heterocycles. The number of carbonyl (C=O) groups is 1. The first-order valence-electron chi connectivity index (χ1n) is 7.72. The van der Waals surface area contributed by atoms with E-state index in [4.69, 9.17) is 0 Å². The van der Waals surface area contributed by atoms with Gasteiger partial charge in [0.2, 0.25) is 0 Å². The highest BCUT2D eigenvalue weighted by Crippen LogP contribution is 2.16. The average molecular weight is 312 g/mol. The molecular weight excluding hydrogens is 292 g/mol. The van der Waals surface area contributed by atoms with Crippen molar-refractivity contribution in [2.75, 3.05) is 0 Å². The summed E-state index contributed by atoms with van der Waals surface area (Å²) in [6.45, 7) is 5.87. The molecule has 0 aromatic carbocycles. The third-order valence-corrected chi connectivity index (χ3v) is 4.25. The molecule has 3 aromatic rings. The van der Waals surface area contributed by atoms with Crippen LogP contribution in [0.5, 0.6) is 0 Å². The molecule has 3 heterocycles. The second-order valence-electron chi connectivity index (χ2n) is 5.91. The molecule has 1 N–H and O–H groups in total. The van der Waals surface area contributed by atoms with Gasteiger partial charge in [-0.3, -0.25) is 14.0 Å². The van der Waals surface area contributed by atoms with Gasteiger partial charge in [0.1, 0.15) is 17.0 Å². The van der Waals surface area contributed by atoms with Gasteiger partial charge in [0.15, 0.2) is 0 Å². The summed E-state index contributed by atoms with van der Waals surface area (Å²) in [6.07, 6.45) is 2.54. The number of rotatable bonds is 3. The lowest BCUT2D eigenvalue weighted by Crippen LogP contribution is -2.33. The maximum absolute atomic E-state index is 12.7. The van der Waals surface area contributed by atoms with Crippen LogP contribution in [0, 0.1) is 6.92 Å². The Morgan fingerprint density at radius 2 is 2.13 bits per heavy atom. The van der Waals surface area contributed by atoms with Gasteiger partial charge in [-0.05, 0) is 38.0 Å². The lowest BCUT2D eigenvalue weighted by atomic mass is 10.2. The van der Waals surface area contributed by atoms with E-state index in [-0.39, 0.29) is 17.5 Å². The number of carbonyl (C=O) groups excluding carboxylic acids is 1. The number of aryl methyl sites for hydroxylation is 2. The summed E-state index contributed by atoms with van der Waals surface area (Å²) < 4.78 is 3.20. The van der Waals surface area contributed by atoms with Crippen molar-refractivity contribution >= 4 is 22.6 Å². The van der Waals surface area contributed by atoms with E-state index in [0.717, 1.165) is 12.0 Å². The van der Waals surface area contributed by atoms with Gasteiger partial charge < -0.3 is 9.88 Å². The van der Waals surface area contributed by atoms with E-state index in [2.05, 4.69) is 10.3 Å². The van der Waals surface area contributed by atoms with Crippen molar-refractivity contribution in [1.82, 2.24) is 19.3 Å². The van der Waals surface area contributed by atoms with Gasteiger partial charge in [-0.1, -0.05) is 13.0 Å². The summed E-state index contributed by atoms with van der Waals surface area (Å²) >= 11 is 0. The van der Waals surface area contributed by atoms with Gasteiger partial charge in [-0.2, -0.15) is 0 Å². The Bertz CT molecular complexity index is 968. The molecule has 0 aliphatic rings. The third kappa shape index (κ3) is 2.40. The Labute approximate surface area is 133 Å². The van der Waals surface area contributed by atoms with Crippen LogP contribution < -0.4 is 10.9 Å². The van der Waals surface area contributed by atoms with E-state index in [9.17, 15) is 9.59 Å². The predicted molar refractivity (Wildman–Crippen MR) is 89.9 cm³/mol. The van der Waals surface area contributed by atoms with Gasteiger partial charge in [-0.25, -0.2) is 4.98 Å². The molecule has 120 valence electrons. The smallest absolute Gasteiger partial charge is 0.268 e. The van der Waals surface area contributed by atoms with Crippen molar-refractivity contribution in [1.29, 1.82) is 0 Å². The Kier molecular flexibility index (Phi) is 3.67. The van der Waals surface area contributed by atoms with Crippen LogP contribution in [0.2, 0.25) is 0 Å². The lowest BCUT2D eigenvalue weighted by molar-refractivity contribution is 0.0931. The van der Waals surface area contributed by atoms with Crippen LogP contribution in [0.15, 0.2) is 29.2 Å². The SMILES string of the molecule is CC[C@H](C)NC(=O)c1cc2c(=O)n3cccc(C)c3nc2n1C. The van der Waals surface area contributed by atoms with Crippen LogP contribution >= 0.6 is 0 Å². The molecule has 0 spiro atoms. The molecule has 3 aromatic heterocycles. The normalized spacial score (nSPS) is 12.7. The number of nitrogens with zero attached hydrogens (tertiary/aromatic N) is 3. The number of hydrogen-bond acceptors (Lipinski definition) is 3. The fraction of sp³-hybridized carbons (Fsp3) is 0.353. The van der Waals surface area contributed by atoms with Gasteiger partial charge in [0, 0.05) is 19.3 Å². The van der Waals surface area contributed by atoms with E-state index in [1.165, 1.54) is 4.40 Å². The largest absolute Gasteiger partial charge is 0.348 e. The highest BCUT2D eigenvalue weighted by atomic mass is 16.2. The second-order valence-corrected chi connectivity index (χ2v) is 5.91. The molecule has 1 amide bonds. The Hall–Kier alpha value is -2.63. The number of hydrogen-bond donors (Lipinski definition) is 1. The van der Waals surface area contributed by atoms with Crippen LogP contribution in [-0.2, 0) is 7.05 Å². The van der Waals surface area contributed by atoms with Crippen LogP contribution in [0.25, 0.3) is 16.7 Å². The van der Waals surface area contributed by atoms with Crippen LogP contribution in [0.1, 0.15) is 36.3 Å². The van der Waals surface area contributed by atoms with E-state index >= 15 is 0 Å². The van der Waals surface area contributed by atoms with Crippen molar-refractivity contribution in [3.05, 3.63) is 46.0 Å². The first-order chi connectivity index (χ1) is 10.9. The van der Waals surface area contributed by atoms with Crippen molar-refractivity contribution in [2.45, 2.75) is 33.2 Å². The molecule has 1 atom stereocenters. The topological polar surface area (TPSA) is 68.4 Å². The predicted octanol–water partition coefficient (Wildman–Crippen LogP) is 2.02. The monoisotopic (exact) mass is 312 g/mol. The van der Waals surface area contributed by atoms with Crippen LogP contribution in [0.4, 0.5) is 0 Å².